The summed E-state index contributed by atoms with van der Waals surface area (Å²) in [6, 6.07) is 9.08. The Kier molecular flexibility index (Phi) is 4.76. The number of carbonyl (C=O) groups excluding carboxylic acids is 1. The van der Waals surface area contributed by atoms with E-state index in [-0.39, 0.29) is 12.0 Å². The lowest BCUT2D eigenvalue weighted by Gasteiger charge is -2.11. The van der Waals surface area contributed by atoms with Gasteiger partial charge in [-0.1, -0.05) is 12.1 Å². The maximum Gasteiger partial charge on any atom is 0.353 e. The minimum atomic E-state index is -0.377. The van der Waals surface area contributed by atoms with Crippen molar-refractivity contribution in [3.05, 3.63) is 46.2 Å². The van der Waals surface area contributed by atoms with E-state index in [9.17, 15) is 4.79 Å². The summed E-state index contributed by atoms with van der Waals surface area (Å²) in [7, 11) is 1.55. The Morgan fingerprint density at radius 2 is 2.15 bits per heavy atom. The van der Waals surface area contributed by atoms with Gasteiger partial charge in [-0.3, -0.25) is 0 Å². The van der Waals surface area contributed by atoms with Crippen molar-refractivity contribution in [1.29, 1.82) is 0 Å². The Hall–Kier alpha value is -1.85. The van der Waals surface area contributed by atoms with Crippen LogP contribution in [0.3, 0.4) is 0 Å². The molecule has 0 aliphatic carbocycles. The summed E-state index contributed by atoms with van der Waals surface area (Å²) in [6.45, 7) is 1.94. The van der Waals surface area contributed by atoms with Crippen molar-refractivity contribution in [2.24, 2.45) is 5.73 Å². The van der Waals surface area contributed by atoms with Crippen molar-refractivity contribution in [1.82, 2.24) is 0 Å². The molecule has 2 aromatic rings. The first-order valence-electron chi connectivity index (χ1n) is 6.28. The number of ether oxygens (including phenoxy) is 2. The highest BCUT2D eigenvalue weighted by atomic mass is 32.1. The highest BCUT2D eigenvalue weighted by molar-refractivity contribution is 7.12. The Labute approximate surface area is 122 Å². The Morgan fingerprint density at radius 3 is 2.75 bits per heavy atom. The van der Waals surface area contributed by atoms with E-state index in [1.807, 2.05) is 30.5 Å². The molecule has 1 aromatic carbocycles. The Bertz CT molecular complexity index is 579. The summed E-state index contributed by atoms with van der Waals surface area (Å²) >= 11 is 1.34. The van der Waals surface area contributed by atoms with Gasteiger partial charge in [-0.15, -0.1) is 11.3 Å². The van der Waals surface area contributed by atoms with Crippen molar-refractivity contribution >= 4 is 17.3 Å². The lowest BCUT2D eigenvalue weighted by molar-refractivity contribution is 0.0735. The van der Waals surface area contributed by atoms with Crippen molar-refractivity contribution in [2.75, 3.05) is 7.11 Å². The predicted octanol–water partition coefficient (Wildman–Crippen LogP) is 2.87. The molecule has 0 radical (unpaired) electrons. The van der Waals surface area contributed by atoms with Crippen LogP contribution in [0.2, 0.25) is 0 Å². The minimum absolute atomic E-state index is 0.0687. The van der Waals surface area contributed by atoms with Crippen LogP contribution < -0.4 is 15.2 Å². The molecule has 0 aliphatic rings. The molecule has 0 saturated heterocycles. The predicted molar refractivity (Wildman–Crippen MR) is 79.6 cm³/mol. The molecule has 1 aromatic heterocycles. The summed E-state index contributed by atoms with van der Waals surface area (Å²) in [4.78, 5) is 12.5. The maximum absolute atomic E-state index is 11.9. The molecular formula is C15H17NO3S. The fourth-order valence-electron chi connectivity index (χ4n) is 1.84. The van der Waals surface area contributed by atoms with Gasteiger partial charge < -0.3 is 15.2 Å². The molecule has 20 heavy (non-hydrogen) atoms. The summed E-state index contributed by atoms with van der Waals surface area (Å²) in [5, 5.41) is 1.83. The molecular weight excluding hydrogens is 274 g/mol. The molecule has 0 aliphatic heterocycles. The standard InChI is InChI=1S/C15H17NO3S/c1-10(16)8-11-5-6-12(13(9-11)18-2)19-15(17)14-4-3-7-20-14/h3-7,9-10H,8,16H2,1-2H3. The zero-order chi connectivity index (χ0) is 14.5. The second-order valence-electron chi connectivity index (χ2n) is 4.53. The molecule has 1 unspecified atom stereocenters. The molecule has 0 fully saturated rings. The number of thiophene rings is 1. The summed E-state index contributed by atoms with van der Waals surface area (Å²) in [5.74, 6) is 0.575. The van der Waals surface area contributed by atoms with E-state index >= 15 is 0 Å². The van der Waals surface area contributed by atoms with Gasteiger partial charge in [0.25, 0.3) is 0 Å². The van der Waals surface area contributed by atoms with Crippen LogP contribution in [0.25, 0.3) is 0 Å². The fourth-order valence-corrected chi connectivity index (χ4v) is 2.44. The van der Waals surface area contributed by atoms with Gasteiger partial charge in [0.05, 0.1) is 7.11 Å². The van der Waals surface area contributed by atoms with E-state index in [0.717, 1.165) is 12.0 Å². The maximum atomic E-state index is 11.9. The minimum Gasteiger partial charge on any atom is -0.493 e. The van der Waals surface area contributed by atoms with Crippen LogP contribution >= 0.6 is 11.3 Å². The molecule has 4 nitrogen and oxygen atoms in total. The van der Waals surface area contributed by atoms with Crippen LogP contribution in [0.5, 0.6) is 11.5 Å². The van der Waals surface area contributed by atoms with Crippen molar-refractivity contribution in [3.63, 3.8) is 0 Å². The third-order valence-electron chi connectivity index (χ3n) is 2.71. The Balaban J connectivity index is 2.17. The van der Waals surface area contributed by atoms with Gasteiger partial charge in [-0.2, -0.15) is 0 Å². The topological polar surface area (TPSA) is 61.6 Å². The average Bonchev–Trinajstić information content (AvgIpc) is 2.93. The van der Waals surface area contributed by atoms with Crippen LogP contribution in [0, 0.1) is 0 Å². The quantitative estimate of drug-likeness (QED) is 0.679. The number of rotatable bonds is 5. The second-order valence-corrected chi connectivity index (χ2v) is 5.48. The molecule has 2 rings (SSSR count). The van der Waals surface area contributed by atoms with E-state index in [1.165, 1.54) is 11.3 Å². The van der Waals surface area contributed by atoms with Gasteiger partial charge in [0.15, 0.2) is 11.5 Å². The van der Waals surface area contributed by atoms with Crippen LogP contribution in [0.15, 0.2) is 35.7 Å². The fraction of sp³-hybridized carbons (Fsp3) is 0.267. The van der Waals surface area contributed by atoms with E-state index in [0.29, 0.717) is 16.4 Å². The number of esters is 1. The number of benzene rings is 1. The molecule has 5 heteroatoms. The van der Waals surface area contributed by atoms with E-state index in [1.54, 1.807) is 19.2 Å². The number of methoxy groups -OCH3 is 1. The van der Waals surface area contributed by atoms with Gasteiger partial charge in [0.1, 0.15) is 4.88 Å². The van der Waals surface area contributed by atoms with Gasteiger partial charge in [0, 0.05) is 6.04 Å². The molecule has 0 bridgehead atoms. The monoisotopic (exact) mass is 291 g/mol. The highest BCUT2D eigenvalue weighted by Crippen LogP contribution is 2.29. The number of hydrogen-bond acceptors (Lipinski definition) is 5. The first-order valence-corrected chi connectivity index (χ1v) is 7.16. The summed E-state index contributed by atoms with van der Waals surface area (Å²) in [6.07, 6.45) is 0.746. The van der Waals surface area contributed by atoms with Crippen molar-refractivity contribution in [3.8, 4) is 11.5 Å². The molecule has 1 atom stereocenters. The van der Waals surface area contributed by atoms with Crippen LogP contribution in [0.1, 0.15) is 22.2 Å². The third kappa shape index (κ3) is 3.59. The van der Waals surface area contributed by atoms with Gasteiger partial charge in [-0.05, 0) is 42.5 Å². The summed E-state index contributed by atoms with van der Waals surface area (Å²) in [5.41, 5.74) is 6.82. The van der Waals surface area contributed by atoms with Gasteiger partial charge in [-0.25, -0.2) is 4.79 Å². The molecule has 0 spiro atoms. The highest BCUT2D eigenvalue weighted by Gasteiger charge is 2.13. The molecule has 2 N–H and O–H groups in total. The number of hydrogen-bond donors (Lipinski definition) is 1. The van der Waals surface area contributed by atoms with E-state index in [2.05, 4.69) is 0 Å². The number of carbonyl (C=O) groups is 1. The van der Waals surface area contributed by atoms with E-state index < -0.39 is 0 Å². The largest absolute Gasteiger partial charge is 0.493 e. The lowest BCUT2D eigenvalue weighted by atomic mass is 10.1. The first kappa shape index (κ1) is 14.6. The normalized spacial score (nSPS) is 11.9. The molecule has 0 amide bonds. The first-order chi connectivity index (χ1) is 9.60. The van der Waals surface area contributed by atoms with Gasteiger partial charge in [0.2, 0.25) is 0 Å². The van der Waals surface area contributed by atoms with Crippen molar-refractivity contribution < 1.29 is 14.3 Å². The zero-order valence-electron chi connectivity index (χ0n) is 11.5. The second kappa shape index (κ2) is 6.54. The van der Waals surface area contributed by atoms with Gasteiger partial charge >= 0.3 is 5.97 Å². The number of nitrogens with two attached hydrogens (primary N) is 1. The lowest BCUT2D eigenvalue weighted by Crippen LogP contribution is -2.17. The van der Waals surface area contributed by atoms with Crippen LogP contribution in [-0.4, -0.2) is 19.1 Å². The van der Waals surface area contributed by atoms with Crippen molar-refractivity contribution in [2.45, 2.75) is 19.4 Å². The molecule has 0 saturated carbocycles. The van der Waals surface area contributed by atoms with Crippen LogP contribution in [-0.2, 0) is 6.42 Å². The SMILES string of the molecule is COc1cc(CC(C)N)ccc1OC(=O)c1cccs1. The summed E-state index contributed by atoms with van der Waals surface area (Å²) < 4.78 is 10.6. The smallest absolute Gasteiger partial charge is 0.353 e. The average molecular weight is 291 g/mol. The Morgan fingerprint density at radius 1 is 1.35 bits per heavy atom. The molecule has 1 heterocycles. The third-order valence-corrected chi connectivity index (χ3v) is 3.56. The molecule has 106 valence electrons. The van der Waals surface area contributed by atoms with E-state index in [4.69, 9.17) is 15.2 Å². The van der Waals surface area contributed by atoms with Crippen LogP contribution in [0.4, 0.5) is 0 Å². The zero-order valence-corrected chi connectivity index (χ0v) is 12.3.